The highest BCUT2D eigenvalue weighted by atomic mass is 35.5. The van der Waals surface area contributed by atoms with Gasteiger partial charge < -0.3 is 19.1 Å². The summed E-state index contributed by atoms with van der Waals surface area (Å²) in [4.78, 5) is 55.4. The van der Waals surface area contributed by atoms with Crippen molar-refractivity contribution < 1.29 is 38.9 Å². The molecule has 0 aliphatic rings. The Labute approximate surface area is 208 Å². The minimum absolute atomic E-state index is 0.357. The van der Waals surface area contributed by atoms with E-state index in [-0.39, 0.29) is 12.3 Å². The summed E-state index contributed by atoms with van der Waals surface area (Å²) in [6, 6.07) is 11.3. The number of rotatable bonds is 11. The third-order valence-corrected chi connectivity index (χ3v) is 5.44. The van der Waals surface area contributed by atoms with Crippen molar-refractivity contribution in [1.29, 1.82) is 0 Å². The van der Waals surface area contributed by atoms with E-state index in [1.165, 1.54) is 11.7 Å². The van der Waals surface area contributed by atoms with Crippen LogP contribution >= 0.6 is 11.6 Å². The Morgan fingerprint density at radius 2 is 1.64 bits per heavy atom. The molecule has 0 N–H and O–H groups in total. The molecule has 36 heavy (non-hydrogen) atoms. The van der Waals surface area contributed by atoms with Gasteiger partial charge in [-0.25, -0.2) is 0 Å². The maximum absolute atomic E-state index is 13.3. The van der Waals surface area contributed by atoms with Crippen molar-refractivity contribution in [3.63, 3.8) is 0 Å². The average Bonchev–Trinajstić information content (AvgIpc) is 3.10. The van der Waals surface area contributed by atoms with Crippen molar-refractivity contribution in [2.75, 3.05) is 20.3 Å². The highest BCUT2D eigenvalue weighted by Crippen LogP contribution is 2.31. The third-order valence-electron chi connectivity index (χ3n) is 5.19. The Kier molecular flexibility index (Phi) is 8.27. The van der Waals surface area contributed by atoms with Crippen LogP contribution in [-0.2, 0) is 25.6 Å². The number of hydrogen-bond acceptors (Lipinski definition) is 10. The normalized spacial score (nSPS) is 10.8. The number of aromatic nitrogens is 1. The number of methoxy groups -OCH3 is 1. The first-order valence-corrected chi connectivity index (χ1v) is 10.7. The van der Waals surface area contributed by atoms with E-state index in [9.17, 15) is 29.8 Å². The highest BCUT2D eigenvalue weighted by Gasteiger charge is 2.24. The molecule has 0 saturated carbocycles. The van der Waals surface area contributed by atoms with Gasteiger partial charge in [0.1, 0.15) is 25.1 Å². The lowest BCUT2D eigenvalue weighted by Gasteiger charge is -2.16. The molecular weight excluding hydrogens is 502 g/mol. The van der Waals surface area contributed by atoms with Crippen LogP contribution in [0.5, 0.6) is 5.75 Å². The van der Waals surface area contributed by atoms with Gasteiger partial charge in [-0.1, -0.05) is 11.6 Å². The summed E-state index contributed by atoms with van der Waals surface area (Å²) in [5, 5.41) is 19.7. The van der Waals surface area contributed by atoms with E-state index in [4.69, 9.17) is 21.1 Å². The van der Waals surface area contributed by atoms with Crippen LogP contribution in [0.1, 0.15) is 21.6 Å². The first kappa shape index (κ1) is 26.2. The molecule has 0 aliphatic carbocycles. The lowest BCUT2D eigenvalue weighted by atomic mass is 10.1. The zero-order chi connectivity index (χ0) is 26.4. The van der Waals surface area contributed by atoms with E-state index < -0.39 is 35.5 Å². The van der Waals surface area contributed by atoms with Crippen LogP contribution in [0.2, 0.25) is 5.02 Å². The average molecular weight is 522 g/mol. The van der Waals surface area contributed by atoms with Gasteiger partial charge in [0, 0.05) is 21.7 Å². The predicted molar refractivity (Wildman–Crippen MR) is 124 cm³/mol. The van der Waals surface area contributed by atoms with E-state index in [0.29, 0.717) is 38.5 Å². The van der Waals surface area contributed by atoms with Gasteiger partial charge in [0.05, 0.1) is 19.0 Å². The number of benzene rings is 2. The number of hydrogen-bond donors (Lipinski definition) is 0. The van der Waals surface area contributed by atoms with Gasteiger partial charge in [-0.3, -0.25) is 14.2 Å². The summed E-state index contributed by atoms with van der Waals surface area (Å²) < 4.78 is 11.9. The molecule has 0 aliphatic heterocycles. The van der Waals surface area contributed by atoms with Crippen LogP contribution in [-0.4, -0.2) is 53.0 Å². The van der Waals surface area contributed by atoms with Gasteiger partial charge in [-0.2, -0.15) is 0 Å². The second-order valence-corrected chi connectivity index (χ2v) is 7.86. The lowest BCUT2D eigenvalue weighted by Crippen LogP contribution is -2.31. The molecule has 13 nitrogen and oxygen atoms in total. The highest BCUT2D eigenvalue weighted by molar-refractivity contribution is 6.30. The van der Waals surface area contributed by atoms with Crippen LogP contribution in [0, 0.1) is 27.2 Å². The van der Waals surface area contributed by atoms with Crippen molar-refractivity contribution in [3.05, 3.63) is 84.5 Å². The second-order valence-electron chi connectivity index (χ2n) is 7.42. The second kappa shape index (κ2) is 11.4. The standard InChI is InChI=1S/C22H20ClN3O10/c1-13-18(10-21(27)36-17(11-34-25(29)30)12-35-26(31)32)19-9-16(33-2)7-8-20(19)24(13)22(28)14-3-5-15(23)6-4-14/h3-9,17H,10-12H2,1-2H3. The van der Waals surface area contributed by atoms with E-state index in [2.05, 4.69) is 9.68 Å². The molecule has 0 amide bonds. The maximum atomic E-state index is 13.3. The van der Waals surface area contributed by atoms with E-state index in [1.54, 1.807) is 49.4 Å². The summed E-state index contributed by atoms with van der Waals surface area (Å²) >= 11 is 5.93. The van der Waals surface area contributed by atoms with Crippen LogP contribution < -0.4 is 4.74 Å². The number of esters is 1. The van der Waals surface area contributed by atoms with Gasteiger partial charge in [0.2, 0.25) is 0 Å². The van der Waals surface area contributed by atoms with Crippen molar-refractivity contribution >= 4 is 34.4 Å². The molecule has 3 aromatic rings. The summed E-state index contributed by atoms with van der Waals surface area (Å²) in [6.07, 6.45) is -1.78. The van der Waals surface area contributed by atoms with Crippen LogP contribution in [0.25, 0.3) is 10.9 Å². The minimum Gasteiger partial charge on any atom is -0.497 e. The Morgan fingerprint density at radius 3 is 2.19 bits per heavy atom. The molecule has 0 atom stereocenters. The van der Waals surface area contributed by atoms with Gasteiger partial charge in [0.25, 0.3) is 16.1 Å². The van der Waals surface area contributed by atoms with Crippen molar-refractivity contribution in [3.8, 4) is 5.75 Å². The summed E-state index contributed by atoms with van der Waals surface area (Å²) in [5.74, 6) is -0.761. The molecule has 190 valence electrons. The third kappa shape index (κ3) is 6.18. The molecule has 14 heteroatoms. The molecule has 0 saturated heterocycles. The fraction of sp³-hybridized carbons (Fsp3) is 0.273. The predicted octanol–water partition coefficient (Wildman–Crippen LogP) is 3.17. The number of ether oxygens (including phenoxy) is 2. The summed E-state index contributed by atoms with van der Waals surface area (Å²) in [5.41, 5.74) is 1.73. The van der Waals surface area contributed by atoms with Gasteiger partial charge in [0.15, 0.2) is 0 Å². The maximum Gasteiger partial charge on any atom is 0.310 e. The van der Waals surface area contributed by atoms with E-state index in [0.717, 1.165) is 0 Å². The largest absolute Gasteiger partial charge is 0.497 e. The Morgan fingerprint density at radius 1 is 1.03 bits per heavy atom. The topological polar surface area (TPSA) is 162 Å². The number of fused-ring (bicyclic) bond motifs is 1. The Balaban J connectivity index is 1.95. The first-order chi connectivity index (χ1) is 17.1. The fourth-order valence-corrected chi connectivity index (χ4v) is 3.70. The molecule has 1 aromatic heterocycles. The number of carbonyl (C=O) groups excluding carboxylic acids is 2. The molecule has 0 fully saturated rings. The number of halogens is 1. The zero-order valence-electron chi connectivity index (χ0n) is 19.0. The molecule has 0 bridgehead atoms. The summed E-state index contributed by atoms with van der Waals surface area (Å²) in [6.45, 7) is 0.110. The number of carbonyl (C=O) groups is 2. The van der Waals surface area contributed by atoms with E-state index >= 15 is 0 Å². The van der Waals surface area contributed by atoms with Crippen molar-refractivity contribution in [2.45, 2.75) is 19.4 Å². The van der Waals surface area contributed by atoms with Crippen molar-refractivity contribution in [1.82, 2.24) is 4.57 Å². The van der Waals surface area contributed by atoms with Gasteiger partial charge >= 0.3 is 5.97 Å². The molecule has 2 aromatic carbocycles. The first-order valence-electron chi connectivity index (χ1n) is 10.3. The molecule has 0 spiro atoms. The van der Waals surface area contributed by atoms with Crippen LogP contribution in [0.3, 0.4) is 0 Å². The molecule has 0 radical (unpaired) electrons. The zero-order valence-corrected chi connectivity index (χ0v) is 19.8. The van der Waals surface area contributed by atoms with Gasteiger partial charge in [-0.15, -0.1) is 20.2 Å². The monoisotopic (exact) mass is 521 g/mol. The summed E-state index contributed by atoms with van der Waals surface area (Å²) in [7, 11) is 1.47. The SMILES string of the molecule is COc1ccc2c(c1)c(CC(=O)OC(CO[N+](=O)[O-])CO[N+](=O)[O-])c(C)n2C(=O)c1ccc(Cl)cc1. The molecule has 3 rings (SSSR count). The Bertz CT molecular complexity index is 1290. The minimum atomic E-state index is -1.42. The van der Waals surface area contributed by atoms with Crippen molar-refractivity contribution in [2.24, 2.45) is 0 Å². The van der Waals surface area contributed by atoms with Gasteiger partial charge in [-0.05, 0) is 55.0 Å². The molecule has 1 heterocycles. The fourth-order valence-electron chi connectivity index (χ4n) is 3.57. The molecular formula is C22H20ClN3O10. The molecule has 0 unspecified atom stereocenters. The van der Waals surface area contributed by atoms with E-state index in [1.807, 2.05) is 0 Å². The number of nitrogens with zero attached hydrogens (tertiary/aromatic N) is 3. The smallest absolute Gasteiger partial charge is 0.310 e. The Hall–Kier alpha value is -4.39. The van der Waals surface area contributed by atoms with Crippen LogP contribution in [0.4, 0.5) is 0 Å². The quantitative estimate of drug-likeness (QED) is 0.208. The van der Waals surface area contributed by atoms with Crippen LogP contribution in [0.15, 0.2) is 42.5 Å². The lowest BCUT2D eigenvalue weighted by molar-refractivity contribution is -0.768.